The van der Waals surface area contributed by atoms with Crippen LogP contribution in [-0.4, -0.2) is 47.0 Å². The zero-order valence-corrected chi connectivity index (χ0v) is 15.4. The van der Waals surface area contributed by atoms with Gasteiger partial charge in [-0.25, -0.2) is 9.97 Å². The smallest absolute Gasteiger partial charge is 0.225 e. The van der Waals surface area contributed by atoms with Crippen molar-refractivity contribution in [2.24, 2.45) is 11.7 Å². The summed E-state index contributed by atoms with van der Waals surface area (Å²) in [5.74, 6) is 1.29. The molecule has 2 saturated heterocycles. The molecule has 2 N–H and O–H groups in total. The van der Waals surface area contributed by atoms with E-state index >= 15 is 0 Å². The fourth-order valence-electron chi connectivity index (χ4n) is 4.04. The van der Waals surface area contributed by atoms with Gasteiger partial charge in [-0.3, -0.25) is 9.69 Å². The first-order chi connectivity index (χ1) is 12.1. The highest BCUT2D eigenvalue weighted by molar-refractivity contribution is 5.73. The van der Waals surface area contributed by atoms with Crippen molar-refractivity contribution < 1.29 is 4.79 Å². The molecule has 0 aliphatic carbocycles. The van der Waals surface area contributed by atoms with Gasteiger partial charge in [-0.05, 0) is 64.0 Å². The number of carbonyl (C=O) groups is 1. The van der Waals surface area contributed by atoms with E-state index in [-0.39, 0.29) is 5.91 Å². The Morgan fingerprint density at radius 1 is 1.20 bits per heavy atom. The lowest BCUT2D eigenvalue weighted by Gasteiger charge is -2.33. The third kappa shape index (κ3) is 5.39. The van der Waals surface area contributed by atoms with Gasteiger partial charge in [0, 0.05) is 38.3 Å². The number of hydrogen-bond donors (Lipinski definition) is 1. The highest BCUT2D eigenvalue weighted by Crippen LogP contribution is 2.23. The summed E-state index contributed by atoms with van der Waals surface area (Å²) in [5.41, 5.74) is 7.46. The minimum Gasteiger partial charge on any atom is -0.370 e. The number of carbonyl (C=O) groups excluding carboxylic acids is 1. The van der Waals surface area contributed by atoms with E-state index in [2.05, 4.69) is 27.8 Å². The number of amides is 1. The first-order valence-corrected chi connectivity index (χ1v) is 9.70. The molecule has 3 heterocycles. The molecule has 2 fully saturated rings. The minimum absolute atomic E-state index is 0.185. The first-order valence-electron chi connectivity index (χ1n) is 9.70. The van der Waals surface area contributed by atoms with Crippen molar-refractivity contribution in [1.29, 1.82) is 0 Å². The van der Waals surface area contributed by atoms with Gasteiger partial charge >= 0.3 is 0 Å². The van der Waals surface area contributed by atoms with Gasteiger partial charge < -0.3 is 10.6 Å². The molecule has 6 nitrogen and oxygen atoms in total. The van der Waals surface area contributed by atoms with Crippen molar-refractivity contribution in [3.8, 4) is 0 Å². The normalized spacial score (nSPS) is 22.1. The largest absolute Gasteiger partial charge is 0.370 e. The second-order valence-electron chi connectivity index (χ2n) is 7.60. The van der Waals surface area contributed by atoms with Crippen molar-refractivity contribution in [3.05, 3.63) is 17.5 Å². The van der Waals surface area contributed by atoms with Gasteiger partial charge in [-0.1, -0.05) is 0 Å². The molecule has 0 aromatic carbocycles. The number of primary amides is 1. The lowest BCUT2D eigenvalue weighted by atomic mass is 9.93. The van der Waals surface area contributed by atoms with E-state index in [0.29, 0.717) is 12.3 Å². The predicted octanol–water partition coefficient (Wildman–Crippen LogP) is 2.25. The molecule has 1 aromatic heterocycles. The van der Waals surface area contributed by atoms with Crippen molar-refractivity contribution in [3.63, 3.8) is 0 Å². The zero-order valence-electron chi connectivity index (χ0n) is 15.4. The van der Waals surface area contributed by atoms with E-state index in [4.69, 9.17) is 10.7 Å². The maximum Gasteiger partial charge on any atom is 0.225 e. The summed E-state index contributed by atoms with van der Waals surface area (Å²) < 4.78 is 0. The number of piperidine rings is 2. The van der Waals surface area contributed by atoms with E-state index in [9.17, 15) is 4.79 Å². The topological polar surface area (TPSA) is 75.3 Å². The fraction of sp³-hybridized carbons (Fsp3) is 0.737. The van der Waals surface area contributed by atoms with Gasteiger partial charge in [0.1, 0.15) is 0 Å². The Kier molecular flexibility index (Phi) is 6.24. The zero-order chi connectivity index (χ0) is 17.6. The van der Waals surface area contributed by atoms with Crippen LogP contribution in [0.3, 0.4) is 0 Å². The lowest BCUT2D eigenvalue weighted by molar-refractivity contribution is -0.118. The Bertz CT molecular complexity index is 585. The molecule has 0 bridgehead atoms. The highest BCUT2D eigenvalue weighted by atomic mass is 16.1. The Balaban J connectivity index is 1.61. The average molecular weight is 345 g/mol. The van der Waals surface area contributed by atoms with Gasteiger partial charge in [0.25, 0.3) is 0 Å². The van der Waals surface area contributed by atoms with Crippen LogP contribution in [0.25, 0.3) is 0 Å². The summed E-state index contributed by atoms with van der Waals surface area (Å²) in [6.45, 7) is 7.22. The molecule has 3 rings (SSSR count). The third-order valence-electron chi connectivity index (χ3n) is 5.32. The Labute approximate surface area is 150 Å². The molecule has 1 unspecified atom stereocenters. The molecule has 6 heteroatoms. The quantitative estimate of drug-likeness (QED) is 0.856. The standard InChI is InChI=1S/C19H31N5O/c1-15-12-17(22-19(21-15)24-10-3-2-4-11-24)14-23-9-5-6-16(13-23)7-8-18(20)25/h12,16H,2-11,13-14H2,1H3,(H2,20,25). The van der Waals surface area contributed by atoms with Crippen LogP contribution < -0.4 is 10.6 Å². The molecular weight excluding hydrogens is 314 g/mol. The number of rotatable bonds is 6. The van der Waals surface area contributed by atoms with Crippen LogP contribution in [0.4, 0.5) is 5.95 Å². The van der Waals surface area contributed by atoms with Crippen LogP contribution >= 0.6 is 0 Å². The number of aryl methyl sites for hydroxylation is 1. The first kappa shape index (κ1) is 18.1. The number of nitrogens with two attached hydrogens (primary N) is 1. The maximum absolute atomic E-state index is 11.0. The number of nitrogens with zero attached hydrogens (tertiary/aromatic N) is 4. The minimum atomic E-state index is -0.185. The van der Waals surface area contributed by atoms with Gasteiger partial charge in [-0.15, -0.1) is 0 Å². The summed E-state index contributed by atoms with van der Waals surface area (Å²) in [6, 6.07) is 2.11. The monoisotopic (exact) mass is 345 g/mol. The van der Waals surface area contributed by atoms with Crippen LogP contribution in [0.2, 0.25) is 0 Å². The maximum atomic E-state index is 11.0. The second kappa shape index (κ2) is 8.61. The third-order valence-corrected chi connectivity index (χ3v) is 5.32. The van der Waals surface area contributed by atoms with Crippen molar-refractivity contribution in [1.82, 2.24) is 14.9 Å². The Morgan fingerprint density at radius 3 is 2.76 bits per heavy atom. The second-order valence-corrected chi connectivity index (χ2v) is 7.60. The summed E-state index contributed by atoms with van der Waals surface area (Å²) >= 11 is 0. The van der Waals surface area contributed by atoms with Gasteiger partial charge in [0.2, 0.25) is 11.9 Å². The lowest BCUT2D eigenvalue weighted by Crippen LogP contribution is -2.36. The Morgan fingerprint density at radius 2 is 2.00 bits per heavy atom. The average Bonchev–Trinajstić information content (AvgIpc) is 2.60. The fourth-order valence-corrected chi connectivity index (χ4v) is 4.04. The summed E-state index contributed by atoms with van der Waals surface area (Å²) in [4.78, 5) is 25.3. The van der Waals surface area contributed by atoms with Crippen LogP contribution in [0, 0.1) is 12.8 Å². The number of aromatic nitrogens is 2. The van der Waals surface area contributed by atoms with Crippen molar-refractivity contribution in [2.75, 3.05) is 31.1 Å². The van der Waals surface area contributed by atoms with E-state index in [0.717, 1.165) is 56.5 Å². The summed E-state index contributed by atoms with van der Waals surface area (Å²) in [7, 11) is 0. The van der Waals surface area contributed by atoms with Crippen LogP contribution in [0.1, 0.15) is 56.3 Å². The van der Waals surface area contributed by atoms with Gasteiger partial charge in [-0.2, -0.15) is 0 Å². The molecular formula is C19H31N5O. The molecule has 0 radical (unpaired) electrons. The van der Waals surface area contributed by atoms with Crippen LogP contribution in [0.5, 0.6) is 0 Å². The van der Waals surface area contributed by atoms with Crippen LogP contribution in [-0.2, 0) is 11.3 Å². The molecule has 1 aromatic rings. The molecule has 138 valence electrons. The SMILES string of the molecule is Cc1cc(CN2CCCC(CCC(N)=O)C2)nc(N2CCCCC2)n1. The van der Waals surface area contributed by atoms with E-state index < -0.39 is 0 Å². The molecule has 1 amide bonds. The van der Waals surface area contributed by atoms with E-state index in [1.807, 2.05) is 0 Å². The molecule has 0 saturated carbocycles. The molecule has 25 heavy (non-hydrogen) atoms. The number of likely N-dealkylation sites (tertiary alicyclic amines) is 1. The van der Waals surface area contributed by atoms with Gasteiger partial charge in [0.05, 0.1) is 5.69 Å². The molecule has 0 spiro atoms. The molecule has 1 atom stereocenters. The van der Waals surface area contributed by atoms with Crippen molar-refractivity contribution >= 4 is 11.9 Å². The molecule has 2 aliphatic rings. The van der Waals surface area contributed by atoms with Crippen molar-refractivity contribution in [2.45, 2.75) is 58.4 Å². The summed E-state index contributed by atoms with van der Waals surface area (Å²) in [6.07, 6.45) is 7.59. The van der Waals surface area contributed by atoms with Gasteiger partial charge in [0.15, 0.2) is 0 Å². The van der Waals surface area contributed by atoms with E-state index in [1.54, 1.807) is 0 Å². The van der Waals surface area contributed by atoms with Crippen LogP contribution in [0.15, 0.2) is 6.07 Å². The molecule has 2 aliphatic heterocycles. The number of anilines is 1. The Hall–Kier alpha value is -1.69. The summed E-state index contributed by atoms with van der Waals surface area (Å²) in [5, 5.41) is 0. The number of hydrogen-bond acceptors (Lipinski definition) is 5. The predicted molar refractivity (Wildman–Crippen MR) is 99.3 cm³/mol. The van der Waals surface area contributed by atoms with E-state index in [1.165, 1.54) is 32.1 Å². The highest BCUT2D eigenvalue weighted by Gasteiger charge is 2.21.